The van der Waals surface area contributed by atoms with Gasteiger partial charge in [-0.3, -0.25) is 0 Å². The number of fused-ring (bicyclic) bond motifs is 5. The summed E-state index contributed by atoms with van der Waals surface area (Å²) in [7, 11) is 0. The van der Waals surface area contributed by atoms with E-state index < -0.39 is 0 Å². The fraction of sp³-hybridized carbons (Fsp3) is 0.938. The Morgan fingerprint density at radius 2 is 1.63 bits per heavy atom. The first-order chi connectivity index (χ1) is 16.0. The van der Waals surface area contributed by atoms with Crippen LogP contribution in [0.3, 0.4) is 0 Å². The van der Waals surface area contributed by atoms with Gasteiger partial charge in [-0.2, -0.15) is 0 Å². The molecule has 3 heteroatoms. The van der Waals surface area contributed by atoms with Crippen LogP contribution in [0.4, 0.5) is 0 Å². The third-order valence-corrected chi connectivity index (χ3v) is 12.2. The maximum atomic E-state index is 10.7. The number of aliphatic hydroxyl groups excluding tert-OH is 1. The van der Waals surface area contributed by atoms with Gasteiger partial charge in [-0.1, -0.05) is 78.9 Å². The second-order valence-corrected chi connectivity index (χ2v) is 14.2. The van der Waals surface area contributed by atoms with Crippen molar-refractivity contribution >= 4 is 12.4 Å². The van der Waals surface area contributed by atoms with Gasteiger partial charge < -0.3 is 10.8 Å². The van der Waals surface area contributed by atoms with Gasteiger partial charge in [0.05, 0.1) is 6.10 Å². The molecule has 0 unspecified atom stereocenters. The summed E-state index contributed by atoms with van der Waals surface area (Å²) in [6.07, 6.45) is 16.0. The third-order valence-electron chi connectivity index (χ3n) is 12.2. The van der Waals surface area contributed by atoms with Crippen LogP contribution in [0.25, 0.3) is 0 Å². The van der Waals surface area contributed by atoms with Crippen molar-refractivity contribution in [2.75, 3.05) is 0 Å². The molecule has 2 nitrogen and oxygen atoms in total. The van der Waals surface area contributed by atoms with Crippen LogP contribution >= 0.6 is 12.4 Å². The standard InChI is InChI=1S/C32H57NO.ClH/c1-8-32(33,9-2)29-20-24-26-14-13-25(22(5)12-10-11-21(3)4)30(26,6)18-16-27(24)31(7)17-15-23(34)19-28(29)31;/h21-27,34H,8-20,33H2,1-7H3;1H/t22-,23+,24+,25-,26+,27+,30-,31-;/m1./s1. The van der Waals surface area contributed by atoms with Crippen molar-refractivity contribution in [3.05, 3.63) is 11.1 Å². The zero-order chi connectivity index (χ0) is 24.9. The van der Waals surface area contributed by atoms with Gasteiger partial charge in [-0.25, -0.2) is 0 Å². The van der Waals surface area contributed by atoms with E-state index in [4.69, 9.17) is 5.73 Å². The maximum Gasteiger partial charge on any atom is 0.0578 e. The van der Waals surface area contributed by atoms with Crippen LogP contribution in [0.15, 0.2) is 11.1 Å². The molecule has 3 saturated carbocycles. The number of nitrogens with two attached hydrogens (primary N) is 1. The van der Waals surface area contributed by atoms with Crippen molar-refractivity contribution in [3.63, 3.8) is 0 Å². The Bertz CT molecular complexity index is 757. The van der Waals surface area contributed by atoms with E-state index in [0.29, 0.717) is 5.41 Å². The Morgan fingerprint density at radius 3 is 2.26 bits per heavy atom. The van der Waals surface area contributed by atoms with Gasteiger partial charge in [0.1, 0.15) is 0 Å². The normalized spacial score (nSPS) is 40.1. The third kappa shape index (κ3) is 5.04. The Labute approximate surface area is 224 Å². The van der Waals surface area contributed by atoms with Gasteiger partial charge >= 0.3 is 0 Å². The van der Waals surface area contributed by atoms with Crippen LogP contribution in [0.2, 0.25) is 0 Å². The Kier molecular flexibility index (Phi) is 9.25. The second-order valence-electron chi connectivity index (χ2n) is 14.2. The smallest absolute Gasteiger partial charge is 0.0578 e. The van der Waals surface area contributed by atoms with Crippen LogP contribution in [0.1, 0.15) is 132 Å². The lowest BCUT2D eigenvalue weighted by atomic mass is 9.45. The molecule has 204 valence electrons. The van der Waals surface area contributed by atoms with Crippen molar-refractivity contribution in [1.82, 2.24) is 0 Å². The molecule has 0 bridgehead atoms. The topological polar surface area (TPSA) is 46.2 Å². The molecule has 0 saturated heterocycles. The summed E-state index contributed by atoms with van der Waals surface area (Å²) >= 11 is 0. The van der Waals surface area contributed by atoms with Gasteiger partial charge in [0.25, 0.3) is 0 Å². The average Bonchev–Trinajstić information content (AvgIpc) is 3.15. The first-order valence-electron chi connectivity index (χ1n) is 15.2. The Hall–Kier alpha value is -0.0500. The predicted molar refractivity (Wildman–Crippen MR) is 153 cm³/mol. The Morgan fingerprint density at radius 1 is 0.943 bits per heavy atom. The highest BCUT2D eigenvalue weighted by atomic mass is 35.5. The van der Waals surface area contributed by atoms with Crippen LogP contribution in [0.5, 0.6) is 0 Å². The lowest BCUT2D eigenvalue weighted by Gasteiger charge is -2.61. The summed E-state index contributed by atoms with van der Waals surface area (Å²) in [4.78, 5) is 0. The first-order valence-corrected chi connectivity index (χ1v) is 15.2. The second kappa shape index (κ2) is 11.0. The largest absolute Gasteiger partial charge is 0.393 e. The quantitative estimate of drug-likeness (QED) is 0.322. The minimum atomic E-state index is -0.186. The van der Waals surface area contributed by atoms with Gasteiger partial charge in [0, 0.05) is 5.54 Å². The van der Waals surface area contributed by atoms with E-state index >= 15 is 0 Å². The summed E-state index contributed by atoms with van der Waals surface area (Å²) in [5.41, 5.74) is 11.0. The van der Waals surface area contributed by atoms with Crippen LogP contribution in [-0.2, 0) is 0 Å². The molecule has 35 heavy (non-hydrogen) atoms. The minimum Gasteiger partial charge on any atom is -0.393 e. The number of halogens is 1. The number of hydrogen-bond donors (Lipinski definition) is 2. The lowest BCUT2D eigenvalue weighted by molar-refractivity contribution is -0.0618. The van der Waals surface area contributed by atoms with Crippen molar-refractivity contribution in [3.8, 4) is 0 Å². The number of hydrogen-bond acceptors (Lipinski definition) is 2. The van der Waals surface area contributed by atoms with E-state index in [2.05, 4.69) is 48.5 Å². The summed E-state index contributed by atoms with van der Waals surface area (Å²) in [5, 5.41) is 10.7. The van der Waals surface area contributed by atoms with E-state index in [9.17, 15) is 5.11 Å². The molecule has 3 N–H and O–H groups in total. The zero-order valence-corrected chi connectivity index (χ0v) is 25.0. The molecule has 0 radical (unpaired) electrons. The molecule has 4 aliphatic carbocycles. The lowest BCUT2D eigenvalue weighted by Crippen LogP contribution is -2.55. The van der Waals surface area contributed by atoms with E-state index in [1.165, 1.54) is 51.4 Å². The highest BCUT2D eigenvalue weighted by Crippen LogP contribution is 2.69. The van der Waals surface area contributed by atoms with E-state index in [0.717, 1.165) is 67.6 Å². The molecule has 8 atom stereocenters. The first kappa shape index (κ1) is 29.5. The monoisotopic (exact) mass is 507 g/mol. The van der Waals surface area contributed by atoms with Gasteiger partial charge in [-0.15, -0.1) is 12.4 Å². The molecule has 0 aromatic heterocycles. The van der Waals surface area contributed by atoms with E-state index in [1.54, 1.807) is 11.1 Å². The van der Waals surface area contributed by atoms with Gasteiger partial charge in [-0.05, 0) is 111 Å². The van der Waals surface area contributed by atoms with Crippen molar-refractivity contribution in [2.45, 2.75) is 144 Å². The van der Waals surface area contributed by atoms with E-state index in [1.807, 2.05) is 0 Å². The molecule has 0 amide bonds. The number of aliphatic hydroxyl groups is 1. The molecular formula is C32H58ClNO. The molecule has 0 spiro atoms. The molecule has 0 aromatic rings. The fourth-order valence-corrected chi connectivity index (χ4v) is 9.99. The fourth-order valence-electron chi connectivity index (χ4n) is 9.99. The van der Waals surface area contributed by atoms with Crippen LogP contribution in [-0.4, -0.2) is 16.7 Å². The Balaban J connectivity index is 0.00000342. The minimum absolute atomic E-state index is 0. The van der Waals surface area contributed by atoms with Crippen LogP contribution in [0, 0.1) is 46.3 Å². The zero-order valence-electron chi connectivity index (χ0n) is 24.2. The van der Waals surface area contributed by atoms with Gasteiger partial charge in [0.2, 0.25) is 0 Å². The number of rotatable bonds is 8. The molecule has 0 heterocycles. The van der Waals surface area contributed by atoms with E-state index in [-0.39, 0.29) is 29.5 Å². The average molecular weight is 508 g/mol. The van der Waals surface area contributed by atoms with Gasteiger partial charge in [0.15, 0.2) is 0 Å². The van der Waals surface area contributed by atoms with Crippen LogP contribution < -0.4 is 5.73 Å². The summed E-state index contributed by atoms with van der Waals surface area (Å²) in [6, 6.07) is 0. The molecule has 4 rings (SSSR count). The summed E-state index contributed by atoms with van der Waals surface area (Å²) in [5.74, 6) is 5.05. The molecule has 3 fully saturated rings. The molecule has 4 aliphatic rings. The molecule has 0 aliphatic heterocycles. The highest BCUT2D eigenvalue weighted by molar-refractivity contribution is 5.85. The van der Waals surface area contributed by atoms with Crippen molar-refractivity contribution in [1.29, 1.82) is 0 Å². The highest BCUT2D eigenvalue weighted by Gasteiger charge is 2.60. The predicted octanol–water partition coefficient (Wildman–Crippen LogP) is 8.70. The molecular weight excluding hydrogens is 450 g/mol. The maximum absolute atomic E-state index is 10.7. The summed E-state index contributed by atoms with van der Waals surface area (Å²) < 4.78 is 0. The van der Waals surface area contributed by atoms with Crippen molar-refractivity contribution < 1.29 is 5.11 Å². The summed E-state index contributed by atoms with van der Waals surface area (Å²) in [6.45, 7) is 17.2. The van der Waals surface area contributed by atoms with Crippen molar-refractivity contribution in [2.24, 2.45) is 52.1 Å². The SMILES string of the molecule is CCC(N)(CC)C1=C2C[C@@H](O)CC[C@]2(C)[C@H]2CC[C@]3(C)[C@@H]([C@H](C)CCCC(C)C)CC[C@H]3[C@@H]2C1.Cl. The molecule has 0 aromatic carbocycles.